The van der Waals surface area contributed by atoms with E-state index in [2.05, 4.69) is 12.2 Å². The minimum absolute atomic E-state index is 0.293. The molecule has 1 heterocycles. The normalized spacial score (nSPS) is 19.6. The summed E-state index contributed by atoms with van der Waals surface area (Å²) in [6.07, 6.45) is 5.02. The summed E-state index contributed by atoms with van der Waals surface area (Å²) < 4.78 is 25.4. The Morgan fingerprint density at radius 2 is 1.82 bits per heavy atom. The highest BCUT2D eigenvalue weighted by Gasteiger charge is 2.26. The fraction of sp³-hybridized carbons (Fsp3) is 1.00. The van der Waals surface area contributed by atoms with Crippen LogP contribution in [0.5, 0.6) is 0 Å². The summed E-state index contributed by atoms with van der Waals surface area (Å²) in [4.78, 5) is 0. The summed E-state index contributed by atoms with van der Waals surface area (Å²) in [5.74, 6) is 0.293. The van der Waals surface area contributed by atoms with Crippen LogP contribution < -0.4 is 5.32 Å². The number of hydrogen-bond donors (Lipinski definition) is 1. The van der Waals surface area contributed by atoms with E-state index in [9.17, 15) is 8.42 Å². The van der Waals surface area contributed by atoms with Crippen LogP contribution in [0.1, 0.15) is 46.0 Å². The Kier molecular flexibility index (Phi) is 6.44. The quantitative estimate of drug-likeness (QED) is 0.709. The van der Waals surface area contributed by atoms with Crippen LogP contribution in [0.25, 0.3) is 0 Å². The fourth-order valence-corrected chi connectivity index (χ4v) is 3.75. The van der Waals surface area contributed by atoms with Gasteiger partial charge in [-0.1, -0.05) is 20.3 Å². The number of unbranched alkanes of at least 4 members (excludes halogenated alkanes) is 1. The minimum atomic E-state index is -2.98. The molecule has 0 aromatic rings. The Labute approximate surface area is 106 Å². The lowest BCUT2D eigenvalue weighted by atomic mass is 10.1. The zero-order valence-corrected chi connectivity index (χ0v) is 11.9. The van der Waals surface area contributed by atoms with Gasteiger partial charge in [0.05, 0.1) is 5.75 Å². The molecule has 1 aliphatic rings. The van der Waals surface area contributed by atoms with Crippen molar-refractivity contribution in [3.05, 3.63) is 0 Å². The maximum Gasteiger partial charge on any atom is 0.214 e. The molecule has 0 saturated carbocycles. The Morgan fingerprint density at radius 3 is 2.35 bits per heavy atom. The first kappa shape index (κ1) is 14.9. The number of sulfonamides is 1. The molecule has 1 rings (SSSR count). The number of nitrogens with zero attached hydrogens (tertiary/aromatic N) is 1. The van der Waals surface area contributed by atoms with Gasteiger partial charge in [-0.3, -0.25) is 0 Å². The molecule has 1 N–H and O–H groups in total. The van der Waals surface area contributed by atoms with Gasteiger partial charge < -0.3 is 5.32 Å². The van der Waals surface area contributed by atoms with Gasteiger partial charge in [0.2, 0.25) is 10.0 Å². The van der Waals surface area contributed by atoms with Crippen LogP contribution in [-0.2, 0) is 10.0 Å². The number of nitrogens with one attached hydrogen (secondary N) is 1. The van der Waals surface area contributed by atoms with Crippen LogP contribution in [0, 0.1) is 0 Å². The molecule has 1 fully saturated rings. The second kappa shape index (κ2) is 7.34. The largest absolute Gasteiger partial charge is 0.314 e. The molecule has 0 amide bonds. The summed E-state index contributed by atoms with van der Waals surface area (Å²) >= 11 is 0. The predicted molar refractivity (Wildman–Crippen MR) is 71.6 cm³/mol. The monoisotopic (exact) mass is 262 g/mol. The molecule has 5 heteroatoms. The molecule has 0 aliphatic carbocycles. The predicted octanol–water partition coefficient (Wildman–Crippen LogP) is 1.58. The topological polar surface area (TPSA) is 49.4 Å². The number of piperidine rings is 1. The van der Waals surface area contributed by atoms with Crippen LogP contribution >= 0.6 is 0 Å². The van der Waals surface area contributed by atoms with Crippen molar-refractivity contribution in [1.82, 2.24) is 9.62 Å². The molecule has 4 nitrogen and oxygen atoms in total. The molecule has 1 aliphatic heterocycles. The summed E-state index contributed by atoms with van der Waals surface area (Å²) in [6, 6.07) is 0.509. The van der Waals surface area contributed by atoms with Gasteiger partial charge in [-0.05, 0) is 32.2 Å². The van der Waals surface area contributed by atoms with Gasteiger partial charge in [-0.15, -0.1) is 0 Å². The summed E-state index contributed by atoms with van der Waals surface area (Å²) in [6.45, 7) is 6.53. The Balaban J connectivity index is 2.30. The molecular weight excluding hydrogens is 236 g/mol. The lowest BCUT2D eigenvalue weighted by Crippen LogP contribution is -2.45. The van der Waals surface area contributed by atoms with Crippen molar-refractivity contribution in [2.75, 3.05) is 25.4 Å². The Morgan fingerprint density at radius 1 is 1.18 bits per heavy atom. The van der Waals surface area contributed by atoms with Crippen molar-refractivity contribution in [2.24, 2.45) is 0 Å². The van der Waals surface area contributed by atoms with E-state index >= 15 is 0 Å². The fourth-order valence-electron chi connectivity index (χ4n) is 2.21. The standard InChI is InChI=1S/C12H26N2O2S/c1-3-5-8-13-12-6-9-14(10-7-12)17(15,16)11-4-2/h12-13H,3-11H2,1-2H3. The van der Waals surface area contributed by atoms with E-state index in [-0.39, 0.29) is 0 Å². The van der Waals surface area contributed by atoms with Gasteiger partial charge in [0.1, 0.15) is 0 Å². The highest BCUT2D eigenvalue weighted by Crippen LogP contribution is 2.15. The molecule has 0 aromatic heterocycles. The van der Waals surface area contributed by atoms with Crippen molar-refractivity contribution >= 4 is 10.0 Å². The van der Waals surface area contributed by atoms with Gasteiger partial charge in [-0.25, -0.2) is 12.7 Å². The summed E-state index contributed by atoms with van der Waals surface area (Å²) in [5.41, 5.74) is 0. The highest BCUT2D eigenvalue weighted by molar-refractivity contribution is 7.89. The molecule has 1 saturated heterocycles. The van der Waals surface area contributed by atoms with Crippen LogP contribution in [0.2, 0.25) is 0 Å². The maximum absolute atomic E-state index is 11.9. The molecule has 0 atom stereocenters. The summed E-state index contributed by atoms with van der Waals surface area (Å²) in [5, 5.41) is 3.51. The molecule has 0 radical (unpaired) electrons. The first-order valence-electron chi connectivity index (χ1n) is 6.81. The van der Waals surface area contributed by atoms with Crippen molar-refractivity contribution in [1.29, 1.82) is 0 Å². The third-order valence-electron chi connectivity index (χ3n) is 3.27. The highest BCUT2D eigenvalue weighted by atomic mass is 32.2. The van der Waals surface area contributed by atoms with Crippen LogP contribution in [0.15, 0.2) is 0 Å². The van der Waals surface area contributed by atoms with Crippen LogP contribution in [-0.4, -0.2) is 44.2 Å². The SMILES string of the molecule is CCCCNC1CCN(S(=O)(=O)CCC)CC1. The van der Waals surface area contributed by atoms with E-state index in [1.807, 2.05) is 6.92 Å². The lowest BCUT2D eigenvalue weighted by molar-refractivity contribution is 0.289. The second-order valence-electron chi connectivity index (χ2n) is 4.80. The van der Waals surface area contributed by atoms with E-state index in [4.69, 9.17) is 0 Å². The smallest absolute Gasteiger partial charge is 0.214 e. The van der Waals surface area contributed by atoms with Gasteiger partial charge in [0.15, 0.2) is 0 Å². The van der Waals surface area contributed by atoms with Gasteiger partial charge in [0.25, 0.3) is 0 Å². The summed E-state index contributed by atoms with van der Waals surface area (Å²) in [7, 11) is -2.98. The van der Waals surface area contributed by atoms with Crippen LogP contribution in [0.4, 0.5) is 0 Å². The molecule has 0 unspecified atom stereocenters. The molecule has 17 heavy (non-hydrogen) atoms. The average molecular weight is 262 g/mol. The average Bonchev–Trinajstić information content (AvgIpc) is 2.30. The van der Waals surface area contributed by atoms with Crippen molar-refractivity contribution < 1.29 is 8.42 Å². The second-order valence-corrected chi connectivity index (χ2v) is 6.89. The van der Waals surface area contributed by atoms with Gasteiger partial charge in [-0.2, -0.15) is 0 Å². The van der Waals surface area contributed by atoms with E-state index in [0.717, 1.165) is 19.4 Å². The van der Waals surface area contributed by atoms with Crippen molar-refractivity contribution in [3.8, 4) is 0 Å². The van der Waals surface area contributed by atoms with Crippen molar-refractivity contribution in [3.63, 3.8) is 0 Å². The van der Waals surface area contributed by atoms with Crippen LogP contribution in [0.3, 0.4) is 0 Å². The number of rotatable bonds is 7. The molecule has 0 aromatic carbocycles. The third-order valence-corrected chi connectivity index (χ3v) is 5.35. The maximum atomic E-state index is 11.9. The van der Waals surface area contributed by atoms with E-state index in [1.165, 1.54) is 12.8 Å². The molecule has 102 valence electrons. The molecule has 0 bridgehead atoms. The third kappa shape index (κ3) is 4.94. The molecular formula is C12H26N2O2S. The lowest BCUT2D eigenvalue weighted by Gasteiger charge is -2.31. The van der Waals surface area contributed by atoms with E-state index in [1.54, 1.807) is 4.31 Å². The van der Waals surface area contributed by atoms with E-state index < -0.39 is 10.0 Å². The number of hydrogen-bond acceptors (Lipinski definition) is 3. The first-order valence-corrected chi connectivity index (χ1v) is 8.42. The first-order chi connectivity index (χ1) is 8.10. The van der Waals surface area contributed by atoms with E-state index in [0.29, 0.717) is 31.3 Å². The minimum Gasteiger partial charge on any atom is -0.314 e. The van der Waals surface area contributed by atoms with Crippen molar-refractivity contribution in [2.45, 2.75) is 52.0 Å². The molecule has 0 spiro atoms. The zero-order valence-electron chi connectivity index (χ0n) is 11.1. The zero-order chi connectivity index (χ0) is 12.7. The Bertz CT molecular complexity index is 296. The Hall–Kier alpha value is -0.130. The van der Waals surface area contributed by atoms with Gasteiger partial charge in [0, 0.05) is 19.1 Å². The van der Waals surface area contributed by atoms with Gasteiger partial charge >= 0.3 is 0 Å².